The summed E-state index contributed by atoms with van der Waals surface area (Å²) in [7, 11) is 0. The molecule has 0 unspecified atom stereocenters. The highest BCUT2D eigenvalue weighted by molar-refractivity contribution is 6.60. The number of halogens is 1. The number of carbonyl (C=O) groups is 2. The van der Waals surface area contributed by atoms with Crippen molar-refractivity contribution in [2.24, 2.45) is 0 Å². The summed E-state index contributed by atoms with van der Waals surface area (Å²) in [6.45, 7) is 0. The molecular weight excluding hydrogens is 210 g/mol. The van der Waals surface area contributed by atoms with Gasteiger partial charge in [0.15, 0.2) is 0 Å². The van der Waals surface area contributed by atoms with Crippen LogP contribution in [0.4, 0.5) is 15.3 Å². The lowest BCUT2D eigenvalue weighted by Crippen LogP contribution is -2.06. The molecule has 0 saturated heterocycles. The van der Waals surface area contributed by atoms with Gasteiger partial charge in [0.05, 0.1) is 0 Å². The molecule has 0 heterocycles. The third kappa shape index (κ3) is 8.35. The first-order valence-electron chi connectivity index (χ1n) is 3.46. The summed E-state index contributed by atoms with van der Waals surface area (Å²) >= 11 is 4.19. The fourth-order valence-corrected chi connectivity index (χ4v) is 0.645. The monoisotopic (exact) mass is 217 g/mol. The molecule has 1 rings (SSSR count). The van der Waals surface area contributed by atoms with E-state index in [0.717, 1.165) is 0 Å². The second-order valence-electron chi connectivity index (χ2n) is 2.05. The van der Waals surface area contributed by atoms with Crippen LogP contribution in [0.5, 0.6) is 0 Å². The molecule has 14 heavy (non-hydrogen) atoms. The Morgan fingerprint density at radius 2 is 1.57 bits per heavy atom. The zero-order chi connectivity index (χ0) is 11.0. The van der Waals surface area contributed by atoms with Crippen molar-refractivity contribution in [2.75, 3.05) is 5.32 Å². The fourth-order valence-electron chi connectivity index (χ4n) is 0.645. The maximum atomic E-state index is 10.1. The highest BCUT2D eigenvalue weighted by Crippen LogP contribution is 2.03. The van der Waals surface area contributed by atoms with Gasteiger partial charge in [0.2, 0.25) is 0 Å². The maximum absolute atomic E-state index is 10.1. The minimum absolute atomic E-state index is 0.593. The molecule has 0 aliphatic carbocycles. The molecule has 0 spiro atoms. The van der Waals surface area contributed by atoms with E-state index in [1.807, 2.05) is 6.07 Å². The fraction of sp³-hybridized carbons (Fsp3) is 0. The first kappa shape index (κ1) is 12.2. The number of nitrogens with one attached hydrogen (secondary N) is 1. The van der Waals surface area contributed by atoms with Crippen molar-refractivity contribution in [3.63, 3.8) is 0 Å². The molecule has 3 N–H and O–H groups in total. The summed E-state index contributed by atoms with van der Waals surface area (Å²) in [5, 5.41) is 17.7. The van der Waals surface area contributed by atoms with Crippen molar-refractivity contribution >= 4 is 28.8 Å². The lowest BCUT2D eigenvalue weighted by atomic mass is 10.3. The molecule has 1 aromatic carbocycles. The lowest BCUT2D eigenvalue weighted by Gasteiger charge is -1.96. The van der Waals surface area contributed by atoms with Gasteiger partial charge in [-0.25, -0.2) is 9.59 Å². The average Bonchev–Trinajstić information content (AvgIpc) is 2.03. The second-order valence-corrected chi connectivity index (χ2v) is 2.37. The van der Waals surface area contributed by atoms with E-state index in [2.05, 4.69) is 16.9 Å². The Labute approximate surface area is 84.9 Å². The molecule has 0 saturated carbocycles. The Morgan fingerprint density at radius 1 is 1.14 bits per heavy atom. The minimum atomic E-state index is -1.36. The van der Waals surface area contributed by atoms with Crippen LogP contribution in [-0.2, 0) is 0 Å². The van der Waals surface area contributed by atoms with E-state index < -0.39 is 11.5 Å². The summed E-state index contributed by atoms with van der Waals surface area (Å²) in [5.41, 5.74) is -0.769. The molecule has 76 valence electrons. The van der Waals surface area contributed by atoms with Gasteiger partial charge in [-0.05, 0) is 12.1 Å². The van der Waals surface area contributed by atoms with Gasteiger partial charge in [-0.1, -0.05) is 18.2 Å². The Morgan fingerprint density at radius 3 is 1.93 bits per heavy atom. The molecule has 0 aliphatic rings. The van der Waals surface area contributed by atoms with Crippen molar-refractivity contribution in [1.82, 2.24) is 0 Å². The van der Waals surface area contributed by atoms with Crippen LogP contribution in [-0.4, -0.2) is 21.7 Å². The van der Waals surface area contributed by atoms with Crippen molar-refractivity contribution in [3.8, 4) is 0 Å². The van der Waals surface area contributed by atoms with E-state index in [4.69, 9.17) is 15.0 Å². The zero-order valence-corrected chi connectivity index (χ0v) is 7.73. The number of carboxylic acid groups (broad SMARTS) is 2. The molecule has 0 radical (unpaired) electrons. The van der Waals surface area contributed by atoms with Gasteiger partial charge < -0.3 is 10.2 Å². The van der Waals surface area contributed by atoms with E-state index in [1.165, 1.54) is 0 Å². The van der Waals surface area contributed by atoms with Crippen molar-refractivity contribution < 1.29 is 19.8 Å². The number of hydrogen-bond acceptors (Lipinski definition) is 2. The Bertz CT molecular complexity index is 297. The summed E-state index contributed by atoms with van der Waals surface area (Å²) in [5.74, 6) is 0. The normalized spacial score (nSPS) is 8.07. The molecule has 0 fully saturated rings. The van der Waals surface area contributed by atoms with Gasteiger partial charge in [-0.2, -0.15) is 0 Å². The predicted molar refractivity (Wildman–Crippen MR) is 52.0 cm³/mol. The summed E-state index contributed by atoms with van der Waals surface area (Å²) < 4.78 is 0. The number of anilines is 1. The van der Waals surface area contributed by atoms with E-state index in [-0.39, 0.29) is 0 Å². The number of para-hydroxylation sites is 1. The molecule has 6 heteroatoms. The molecular formula is C8H8ClNO4. The quantitative estimate of drug-likeness (QED) is 0.631. The van der Waals surface area contributed by atoms with Gasteiger partial charge in [0.25, 0.3) is 0 Å². The maximum Gasteiger partial charge on any atom is 0.409 e. The Hall–Kier alpha value is -1.75. The van der Waals surface area contributed by atoms with Crippen molar-refractivity contribution in [2.45, 2.75) is 0 Å². The third-order valence-electron chi connectivity index (χ3n) is 1.03. The molecule has 1 amide bonds. The van der Waals surface area contributed by atoms with E-state index in [1.54, 1.807) is 24.3 Å². The topological polar surface area (TPSA) is 86.6 Å². The van der Waals surface area contributed by atoms with E-state index in [0.29, 0.717) is 5.69 Å². The summed E-state index contributed by atoms with van der Waals surface area (Å²) in [6.07, 6.45) is -1.04. The SMILES string of the molecule is O=C(O)Cl.O=C(O)Nc1ccccc1. The van der Waals surface area contributed by atoms with Crippen LogP contribution in [0.15, 0.2) is 30.3 Å². The number of rotatable bonds is 1. The number of hydrogen-bond donors (Lipinski definition) is 3. The van der Waals surface area contributed by atoms with Gasteiger partial charge in [-0.15, -0.1) is 0 Å². The highest BCUT2D eigenvalue weighted by atomic mass is 35.5. The summed E-state index contributed by atoms with van der Waals surface area (Å²) in [6, 6.07) is 8.74. The molecule has 1 aromatic rings. The standard InChI is InChI=1S/C7H7NO2.CHClO2/c9-7(10)8-6-4-2-1-3-5-6;2-1(3)4/h1-5,8H,(H,9,10);(H,3,4). The molecule has 0 aliphatic heterocycles. The molecule has 0 aromatic heterocycles. The first-order valence-corrected chi connectivity index (χ1v) is 3.83. The number of amides is 1. The Balaban J connectivity index is 0.000000364. The van der Waals surface area contributed by atoms with Crippen LogP contribution >= 0.6 is 11.6 Å². The molecule has 0 bridgehead atoms. The van der Waals surface area contributed by atoms with Gasteiger partial charge in [0, 0.05) is 17.3 Å². The third-order valence-corrected chi connectivity index (χ3v) is 1.03. The van der Waals surface area contributed by atoms with Gasteiger partial charge in [-0.3, -0.25) is 5.32 Å². The second kappa shape index (κ2) is 6.73. The lowest BCUT2D eigenvalue weighted by molar-refractivity contribution is 0.209. The van der Waals surface area contributed by atoms with E-state index >= 15 is 0 Å². The van der Waals surface area contributed by atoms with E-state index in [9.17, 15) is 4.79 Å². The first-order chi connectivity index (χ1) is 6.52. The summed E-state index contributed by atoms with van der Waals surface area (Å²) in [4.78, 5) is 18.8. The molecule has 0 atom stereocenters. The van der Waals surface area contributed by atoms with Crippen LogP contribution in [0, 0.1) is 0 Å². The van der Waals surface area contributed by atoms with Crippen molar-refractivity contribution in [1.29, 1.82) is 0 Å². The van der Waals surface area contributed by atoms with Crippen LogP contribution in [0.2, 0.25) is 0 Å². The zero-order valence-electron chi connectivity index (χ0n) is 6.98. The minimum Gasteiger partial charge on any atom is -0.469 e. The highest BCUT2D eigenvalue weighted by Gasteiger charge is 1.93. The van der Waals surface area contributed by atoms with Gasteiger partial charge >= 0.3 is 11.5 Å². The van der Waals surface area contributed by atoms with Crippen LogP contribution in [0.25, 0.3) is 0 Å². The number of benzene rings is 1. The average molecular weight is 218 g/mol. The largest absolute Gasteiger partial charge is 0.469 e. The van der Waals surface area contributed by atoms with Gasteiger partial charge in [0.1, 0.15) is 0 Å². The molecule has 5 nitrogen and oxygen atoms in total. The smallest absolute Gasteiger partial charge is 0.409 e. The predicted octanol–water partition coefficient (Wildman–Crippen LogP) is 2.68. The van der Waals surface area contributed by atoms with Crippen LogP contribution in [0.1, 0.15) is 0 Å². The van der Waals surface area contributed by atoms with Crippen LogP contribution < -0.4 is 5.32 Å². The van der Waals surface area contributed by atoms with Crippen LogP contribution in [0.3, 0.4) is 0 Å². The van der Waals surface area contributed by atoms with Crippen molar-refractivity contribution in [3.05, 3.63) is 30.3 Å². The Kier molecular flexibility index (Phi) is 5.89.